The summed E-state index contributed by atoms with van der Waals surface area (Å²) in [5.74, 6) is 1.98. The summed E-state index contributed by atoms with van der Waals surface area (Å²) in [6.45, 7) is 0. The molecule has 0 saturated heterocycles. The van der Waals surface area contributed by atoms with Crippen LogP contribution in [0.1, 0.15) is 0 Å². The Morgan fingerprint density at radius 2 is 0.941 bits per heavy atom. The van der Waals surface area contributed by atoms with Crippen molar-refractivity contribution in [2.75, 3.05) is 0 Å². The van der Waals surface area contributed by atoms with Gasteiger partial charge >= 0.3 is 0 Å². The quantitative estimate of drug-likeness (QED) is 0.185. The van der Waals surface area contributed by atoms with Crippen LogP contribution in [0.5, 0.6) is 0 Å². The number of para-hydroxylation sites is 2. The van der Waals surface area contributed by atoms with Crippen molar-refractivity contribution in [2.24, 2.45) is 0 Å². The zero-order valence-corrected chi connectivity index (χ0v) is 28.7. The number of nitrogens with zero attached hydrogens (tertiary/aromatic N) is 4. The second-order valence-corrected chi connectivity index (χ2v) is 15.0. The third kappa shape index (κ3) is 4.47. The van der Waals surface area contributed by atoms with Crippen molar-refractivity contribution in [3.8, 4) is 39.9 Å². The SMILES string of the molecule is c1ccc(-n2c3ccccc3c3c(-c4nc(-c5ccc6c(c5)sc5ccccc56)nc(-c5ccc6sc7ccccc7c6c5)n4)cccc32)cc1. The summed E-state index contributed by atoms with van der Waals surface area (Å²) in [7, 11) is 0. The van der Waals surface area contributed by atoms with Gasteiger partial charge in [-0.3, -0.25) is 0 Å². The molecule has 51 heavy (non-hydrogen) atoms. The lowest BCUT2D eigenvalue weighted by Gasteiger charge is -2.11. The molecule has 0 N–H and O–H groups in total. The molecule has 0 fully saturated rings. The van der Waals surface area contributed by atoms with Gasteiger partial charge in [0.1, 0.15) is 0 Å². The molecule has 4 nitrogen and oxygen atoms in total. The van der Waals surface area contributed by atoms with Crippen LogP contribution in [-0.2, 0) is 0 Å². The summed E-state index contributed by atoms with van der Waals surface area (Å²) in [5, 5.41) is 7.28. The van der Waals surface area contributed by atoms with Crippen LogP contribution in [-0.4, -0.2) is 19.5 Å². The van der Waals surface area contributed by atoms with Crippen molar-refractivity contribution >= 4 is 84.8 Å². The Morgan fingerprint density at radius 1 is 0.373 bits per heavy atom. The molecule has 0 aliphatic heterocycles. The highest BCUT2D eigenvalue weighted by atomic mass is 32.1. The van der Waals surface area contributed by atoms with Gasteiger partial charge in [0.2, 0.25) is 0 Å². The van der Waals surface area contributed by atoms with Crippen LogP contribution in [0.15, 0.2) is 158 Å². The average molecular weight is 687 g/mol. The number of benzene rings is 7. The highest BCUT2D eigenvalue weighted by Crippen LogP contribution is 2.41. The van der Waals surface area contributed by atoms with Gasteiger partial charge in [-0.25, -0.2) is 15.0 Å². The molecule has 4 heterocycles. The van der Waals surface area contributed by atoms with Crippen LogP contribution in [0.25, 0.3) is 102 Å². The summed E-state index contributed by atoms with van der Waals surface area (Å²) in [6.07, 6.45) is 0. The molecule has 11 rings (SSSR count). The second kappa shape index (κ2) is 11.2. The normalized spacial score (nSPS) is 11.9. The van der Waals surface area contributed by atoms with Gasteiger partial charge in [-0.15, -0.1) is 22.7 Å². The maximum Gasteiger partial charge on any atom is 0.164 e. The molecular formula is C45H26N4S2. The first-order valence-electron chi connectivity index (χ1n) is 16.9. The smallest absolute Gasteiger partial charge is 0.164 e. The summed E-state index contributed by atoms with van der Waals surface area (Å²) >= 11 is 3.62. The largest absolute Gasteiger partial charge is 0.309 e. The lowest BCUT2D eigenvalue weighted by atomic mass is 10.0. The molecule has 7 aromatic carbocycles. The van der Waals surface area contributed by atoms with Gasteiger partial charge < -0.3 is 4.57 Å². The standard InChI is InChI=1S/C45H26N4S2/c1-2-11-29(12-3-1)49-36-17-7-4-15-33(36)42-34(16-10-18-37(42)49)45-47-43(27-22-24-40-35(25-27)31-14-6-9-20-39(31)50-40)46-44(48-45)28-21-23-32-30-13-5-8-19-38(30)51-41(32)26-28/h1-26H. The highest BCUT2D eigenvalue weighted by Gasteiger charge is 2.20. The van der Waals surface area contributed by atoms with Crippen LogP contribution < -0.4 is 0 Å². The molecule has 0 amide bonds. The first-order valence-corrected chi connectivity index (χ1v) is 18.6. The second-order valence-electron chi connectivity index (χ2n) is 12.8. The van der Waals surface area contributed by atoms with E-state index in [4.69, 9.17) is 15.0 Å². The van der Waals surface area contributed by atoms with Gasteiger partial charge in [0.15, 0.2) is 17.5 Å². The average Bonchev–Trinajstić information content (AvgIpc) is 3.87. The molecule has 0 saturated carbocycles. The number of fused-ring (bicyclic) bond motifs is 9. The predicted molar refractivity (Wildman–Crippen MR) is 216 cm³/mol. The molecule has 0 aliphatic carbocycles. The monoisotopic (exact) mass is 686 g/mol. The van der Waals surface area contributed by atoms with E-state index in [0.717, 1.165) is 44.2 Å². The first-order chi connectivity index (χ1) is 25.3. The van der Waals surface area contributed by atoms with Crippen molar-refractivity contribution in [2.45, 2.75) is 0 Å². The van der Waals surface area contributed by atoms with Crippen LogP contribution >= 0.6 is 22.7 Å². The molecule has 0 bridgehead atoms. The van der Waals surface area contributed by atoms with Gasteiger partial charge in [0, 0.05) is 73.5 Å². The number of rotatable bonds is 4. The summed E-state index contributed by atoms with van der Waals surface area (Å²) < 4.78 is 7.36. The summed E-state index contributed by atoms with van der Waals surface area (Å²) in [6, 6.07) is 56.0. The topological polar surface area (TPSA) is 43.6 Å². The Labute approximate surface area is 300 Å². The third-order valence-corrected chi connectivity index (χ3v) is 12.1. The number of hydrogen-bond donors (Lipinski definition) is 0. The number of thiophene rings is 2. The van der Waals surface area contributed by atoms with Crippen LogP contribution in [0.2, 0.25) is 0 Å². The molecule has 0 unspecified atom stereocenters. The highest BCUT2D eigenvalue weighted by molar-refractivity contribution is 7.26. The van der Waals surface area contributed by atoms with Gasteiger partial charge in [0.25, 0.3) is 0 Å². The molecular weight excluding hydrogens is 661 g/mol. The van der Waals surface area contributed by atoms with Crippen molar-refractivity contribution in [1.29, 1.82) is 0 Å². The lowest BCUT2D eigenvalue weighted by molar-refractivity contribution is 1.08. The Hall–Kier alpha value is -6.21. The van der Waals surface area contributed by atoms with Crippen molar-refractivity contribution in [3.63, 3.8) is 0 Å². The Bertz CT molecular complexity index is 3150. The summed E-state index contributed by atoms with van der Waals surface area (Å²) in [4.78, 5) is 15.8. The minimum Gasteiger partial charge on any atom is -0.309 e. The molecule has 6 heteroatoms. The van der Waals surface area contributed by atoms with Crippen LogP contribution in [0.3, 0.4) is 0 Å². The van der Waals surface area contributed by atoms with E-state index in [2.05, 4.69) is 162 Å². The molecule has 238 valence electrons. The fourth-order valence-electron chi connectivity index (χ4n) is 7.55. The minimum absolute atomic E-state index is 0.656. The van der Waals surface area contributed by atoms with E-state index < -0.39 is 0 Å². The zero-order valence-electron chi connectivity index (χ0n) is 27.1. The molecule has 0 atom stereocenters. The first kappa shape index (κ1) is 28.6. The van der Waals surface area contributed by atoms with Gasteiger partial charge in [0.05, 0.1) is 11.0 Å². The Kier molecular flexibility index (Phi) is 6.26. The molecule has 11 aromatic rings. The van der Waals surface area contributed by atoms with Gasteiger partial charge in [-0.1, -0.05) is 97.1 Å². The van der Waals surface area contributed by atoms with Crippen molar-refractivity contribution < 1.29 is 0 Å². The predicted octanol–water partition coefficient (Wildman–Crippen LogP) is 12.7. The van der Waals surface area contributed by atoms with E-state index in [-0.39, 0.29) is 0 Å². The van der Waals surface area contributed by atoms with E-state index in [1.807, 2.05) is 11.3 Å². The van der Waals surface area contributed by atoms with Crippen molar-refractivity contribution in [1.82, 2.24) is 19.5 Å². The van der Waals surface area contributed by atoms with E-state index in [9.17, 15) is 0 Å². The molecule has 0 aliphatic rings. The maximum absolute atomic E-state index is 5.28. The van der Waals surface area contributed by atoms with E-state index in [1.54, 1.807) is 11.3 Å². The van der Waals surface area contributed by atoms with Gasteiger partial charge in [-0.05, 0) is 60.7 Å². The number of aromatic nitrogens is 4. The van der Waals surface area contributed by atoms with E-state index in [1.165, 1.54) is 40.3 Å². The minimum atomic E-state index is 0.656. The fraction of sp³-hybridized carbons (Fsp3) is 0. The summed E-state index contributed by atoms with van der Waals surface area (Å²) in [5.41, 5.74) is 6.30. The lowest BCUT2D eigenvalue weighted by Crippen LogP contribution is -2.00. The van der Waals surface area contributed by atoms with Gasteiger partial charge in [-0.2, -0.15) is 0 Å². The zero-order chi connectivity index (χ0) is 33.5. The molecule has 4 aromatic heterocycles. The molecule has 0 radical (unpaired) electrons. The van der Waals surface area contributed by atoms with Crippen LogP contribution in [0.4, 0.5) is 0 Å². The number of hydrogen-bond acceptors (Lipinski definition) is 5. The Balaban J connectivity index is 1.18. The van der Waals surface area contributed by atoms with E-state index >= 15 is 0 Å². The van der Waals surface area contributed by atoms with Crippen LogP contribution in [0, 0.1) is 0 Å². The molecule has 0 spiro atoms. The third-order valence-electron chi connectivity index (χ3n) is 9.86. The van der Waals surface area contributed by atoms with Crippen molar-refractivity contribution in [3.05, 3.63) is 158 Å². The Morgan fingerprint density at radius 3 is 1.75 bits per heavy atom. The fourth-order valence-corrected chi connectivity index (χ4v) is 9.78. The maximum atomic E-state index is 5.28. The van der Waals surface area contributed by atoms with E-state index in [0.29, 0.717) is 17.5 Å².